The summed E-state index contributed by atoms with van der Waals surface area (Å²) in [6.45, 7) is 0. The van der Waals surface area contributed by atoms with Gasteiger partial charge in [-0.15, -0.1) is 0 Å². The van der Waals surface area contributed by atoms with Gasteiger partial charge in [0, 0.05) is 6.42 Å². The van der Waals surface area contributed by atoms with Crippen molar-refractivity contribution in [3.05, 3.63) is 27.7 Å². The highest BCUT2D eigenvalue weighted by atomic mass is 79.9. The number of halogens is 4. The Balaban J connectivity index is 3.05. The maximum Gasteiger partial charge on any atom is 0.416 e. The number of rotatable bonds is 5. The van der Waals surface area contributed by atoms with E-state index in [1.54, 1.807) is 0 Å². The predicted molar refractivity (Wildman–Crippen MR) is 66.3 cm³/mol. The van der Waals surface area contributed by atoms with E-state index in [0.717, 1.165) is 12.1 Å². The number of carbonyl (C=O) groups is 1. The molecule has 1 rings (SSSR count). The van der Waals surface area contributed by atoms with E-state index in [1.807, 2.05) is 0 Å². The lowest BCUT2D eigenvalue weighted by atomic mass is 10.0. The number of ether oxygens (including phenoxy) is 1. The molecule has 0 radical (unpaired) electrons. The van der Waals surface area contributed by atoms with E-state index in [4.69, 9.17) is 9.84 Å². The molecule has 106 valence electrons. The molecule has 0 heterocycles. The van der Waals surface area contributed by atoms with E-state index < -0.39 is 17.7 Å². The second-order valence-corrected chi connectivity index (χ2v) is 4.75. The molecule has 0 amide bonds. The van der Waals surface area contributed by atoms with Gasteiger partial charge in [-0.2, -0.15) is 13.2 Å². The summed E-state index contributed by atoms with van der Waals surface area (Å²) < 4.78 is 43.3. The molecule has 0 bridgehead atoms. The predicted octanol–water partition coefficient (Wildman–Crippen LogP) is 3.88. The first-order valence-electron chi connectivity index (χ1n) is 5.41. The molecule has 1 aromatic carbocycles. The third kappa shape index (κ3) is 4.41. The van der Waals surface area contributed by atoms with Gasteiger partial charge in [-0.1, -0.05) is 0 Å². The molecule has 0 saturated carbocycles. The number of hydrogen-bond acceptors (Lipinski definition) is 2. The minimum absolute atomic E-state index is 0.100. The van der Waals surface area contributed by atoms with Crippen LogP contribution < -0.4 is 4.74 Å². The van der Waals surface area contributed by atoms with E-state index in [9.17, 15) is 18.0 Å². The van der Waals surface area contributed by atoms with E-state index in [2.05, 4.69) is 15.9 Å². The second-order valence-electron chi connectivity index (χ2n) is 3.90. The topological polar surface area (TPSA) is 46.5 Å². The smallest absolute Gasteiger partial charge is 0.416 e. The van der Waals surface area contributed by atoms with E-state index in [-0.39, 0.29) is 23.7 Å². The van der Waals surface area contributed by atoms with Crippen molar-refractivity contribution < 1.29 is 27.8 Å². The van der Waals surface area contributed by atoms with Gasteiger partial charge in [0.2, 0.25) is 0 Å². The standard InChI is InChI=1S/C12H12BrF3O3/c1-19-11-7(3-2-4-10(17)18)5-8(6-9(11)13)12(14,15)16/h5-6H,2-4H2,1H3,(H,17,18). The number of methoxy groups -OCH3 is 1. The zero-order valence-corrected chi connectivity index (χ0v) is 11.6. The lowest BCUT2D eigenvalue weighted by Crippen LogP contribution is -2.07. The normalized spacial score (nSPS) is 11.4. The number of carboxylic acids is 1. The first kappa shape index (κ1) is 15.8. The highest BCUT2D eigenvalue weighted by Gasteiger charge is 2.32. The van der Waals surface area contributed by atoms with Crippen LogP contribution in [0, 0.1) is 0 Å². The van der Waals surface area contributed by atoms with Crippen LogP contribution in [0.15, 0.2) is 16.6 Å². The van der Waals surface area contributed by atoms with Crippen molar-refractivity contribution in [3.8, 4) is 5.75 Å². The quantitative estimate of drug-likeness (QED) is 0.884. The van der Waals surface area contributed by atoms with Crippen LogP contribution in [0.5, 0.6) is 5.75 Å². The van der Waals surface area contributed by atoms with Crippen LogP contribution in [-0.4, -0.2) is 18.2 Å². The number of benzene rings is 1. The fraction of sp³-hybridized carbons (Fsp3) is 0.417. The van der Waals surface area contributed by atoms with Gasteiger partial charge in [0.1, 0.15) is 5.75 Å². The highest BCUT2D eigenvalue weighted by molar-refractivity contribution is 9.10. The largest absolute Gasteiger partial charge is 0.495 e. The summed E-state index contributed by atoms with van der Waals surface area (Å²) in [5, 5.41) is 8.54. The number of carboxylic acid groups (broad SMARTS) is 1. The molecule has 0 fully saturated rings. The molecule has 1 aromatic rings. The minimum atomic E-state index is -4.45. The van der Waals surface area contributed by atoms with Crippen LogP contribution in [0.1, 0.15) is 24.0 Å². The zero-order valence-electron chi connectivity index (χ0n) is 10.1. The number of alkyl halides is 3. The summed E-state index contributed by atoms with van der Waals surface area (Å²) >= 11 is 3.03. The van der Waals surface area contributed by atoms with Crippen LogP contribution in [0.25, 0.3) is 0 Å². The van der Waals surface area contributed by atoms with Gasteiger partial charge in [-0.3, -0.25) is 4.79 Å². The third-order valence-corrected chi connectivity index (χ3v) is 3.08. The molecular formula is C12H12BrF3O3. The van der Waals surface area contributed by atoms with Gasteiger partial charge in [-0.25, -0.2) is 0 Å². The van der Waals surface area contributed by atoms with Crippen molar-refractivity contribution in [3.63, 3.8) is 0 Å². The van der Waals surface area contributed by atoms with Crippen LogP contribution in [0.4, 0.5) is 13.2 Å². The van der Waals surface area contributed by atoms with Gasteiger partial charge in [0.15, 0.2) is 0 Å². The van der Waals surface area contributed by atoms with Crippen molar-refractivity contribution in [2.24, 2.45) is 0 Å². The molecule has 0 aliphatic rings. The van der Waals surface area contributed by atoms with Crippen LogP contribution >= 0.6 is 15.9 Å². The molecule has 0 spiro atoms. The molecule has 7 heteroatoms. The summed E-state index contributed by atoms with van der Waals surface area (Å²) in [6, 6.07) is 1.94. The molecular weight excluding hydrogens is 329 g/mol. The molecule has 19 heavy (non-hydrogen) atoms. The Morgan fingerprint density at radius 2 is 2.05 bits per heavy atom. The fourth-order valence-electron chi connectivity index (χ4n) is 1.66. The summed E-state index contributed by atoms with van der Waals surface area (Å²) in [5.41, 5.74) is -0.448. The van der Waals surface area contributed by atoms with Crippen LogP contribution in [0.2, 0.25) is 0 Å². The summed E-state index contributed by atoms with van der Waals surface area (Å²) in [7, 11) is 1.36. The molecule has 0 atom stereocenters. The van der Waals surface area contributed by atoms with Crippen molar-refractivity contribution in [1.29, 1.82) is 0 Å². The Bertz CT molecular complexity index is 472. The van der Waals surface area contributed by atoms with Gasteiger partial charge in [0.05, 0.1) is 17.1 Å². The molecule has 1 N–H and O–H groups in total. The van der Waals surface area contributed by atoms with E-state index in [0.29, 0.717) is 11.3 Å². The van der Waals surface area contributed by atoms with Crippen molar-refractivity contribution in [1.82, 2.24) is 0 Å². The Morgan fingerprint density at radius 3 is 2.53 bits per heavy atom. The van der Waals surface area contributed by atoms with Gasteiger partial charge >= 0.3 is 12.1 Å². The van der Waals surface area contributed by atoms with Gasteiger partial charge in [0.25, 0.3) is 0 Å². The Labute approximate surface area is 116 Å². The van der Waals surface area contributed by atoms with Crippen molar-refractivity contribution in [2.45, 2.75) is 25.4 Å². The van der Waals surface area contributed by atoms with Crippen molar-refractivity contribution in [2.75, 3.05) is 7.11 Å². The number of aliphatic carboxylic acids is 1. The summed E-state index contributed by atoms with van der Waals surface area (Å²) in [4.78, 5) is 10.4. The number of hydrogen-bond donors (Lipinski definition) is 1. The first-order chi connectivity index (χ1) is 8.75. The summed E-state index contributed by atoms with van der Waals surface area (Å²) in [6.07, 6.45) is -4.09. The minimum Gasteiger partial charge on any atom is -0.495 e. The zero-order chi connectivity index (χ0) is 14.6. The average molecular weight is 341 g/mol. The Morgan fingerprint density at radius 1 is 1.42 bits per heavy atom. The molecule has 0 saturated heterocycles. The average Bonchev–Trinajstić information content (AvgIpc) is 2.26. The van der Waals surface area contributed by atoms with Crippen LogP contribution in [-0.2, 0) is 17.4 Å². The molecule has 0 aromatic heterocycles. The molecule has 0 aliphatic heterocycles. The number of aryl methyl sites for hydroxylation is 1. The summed E-state index contributed by atoms with van der Waals surface area (Å²) in [5.74, 6) is -0.677. The first-order valence-corrected chi connectivity index (χ1v) is 6.20. The Hall–Kier alpha value is -1.24. The highest BCUT2D eigenvalue weighted by Crippen LogP contribution is 2.38. The van der Waals surface area contributed by atoms with Crippen molar-refractivity contribution >= 4 is 21.9 Å². The maximum absolute atomic E-state index is 12.7. The molecule has 3 nitrogen and oxygen atoms in total. The van der Waals surface area contributed by atoms with E-state index in [1.165, 1.54) is 7.11 Å². The Kier molecular flexibility index (Phi) is 5.22. The van der Waals surface area contributed by atoms with Gasteiger partial charge < -0.3 is 9.84 Å². The molecule has 0 unspecified atom stereocenters. The monoisotopic (exact) mass is 340 g/mol. The maximum atomic E-state index is 12.7. The van der Waals surface area contributed by atoms with Crippen LogP contribution in [0.3, 0.4) is 0 Å². The SMILES string of the molecule is COc1c(Br)cc(C(F)(F)F)cc1CCCC(=O)O. The third-order valence-electron chi connectivity index (χ3n) is 2.49. The molecule has 0 aliphatic carbocycles. The second kappa shape index (κ2) is 6.27. The lowest BCUT2D eigenvalue weighted by Gasteiger charge is -2.14. The van der Waals surface area contributed by atoms with Gasteiger partial charge in [-0.05, 0) is 46.5 Å². The lowest BCUT2D eigenvalue weighted by molar-refractivity contribution is -0.138. The fourth-order valence-corrected chi connectivity index (χ4v) is 2.32. The van der Waals surface area contributed by atoms with E-state index >= 15 is 0 Å².